The topological polar surface area (TPSA) is 59.4 Å². The molecule has 1 aromatic heterocycles. The zero-order valence-corrected chi connectivity index (χ0v) is 12.8. The molecule has 0 aliphatic carbocycles. The van der Waals surface area contributed by atoms with Crippen LogP contribution in [-0.2, 0) is 11.2 Å². The highest BCUT2D eigenvalue weighted by Crippen LogP contribution is 2.24. The Labute approximate surface area is 131 Å². The van der Waals surface area contributed by atoms with Gasteiger partial charge in [-0.1, -0.05) is 15.9 Å². The second kappa shape index (κ2) is 7.59. The Kier molecular flexibility index (Phi) is 5.51. The monoisotopic (exact) mass is 347 g/mol. The minimum absolute atomic E-state index is 0.513. The van der Waals surface area contributed by atoms with E-state index in [4.69, 9.17) is 9.84 Å². The predicted octanol–water partition coefficient (Wildman–Crippen LogP) is 3.56. The van der Waals surface area contributed by atoms with Gasteiger partial charge < -0.3 is 9.84 Å². The number of aromatic nitrogens is 1. The number of carboxylic acid groups (broad SMARTS) is 1. The zero-order valence-electron chi connectivity index (χ0n) is 11.2. The van der Waals surface area contributed by atoms with Crippen molar-refractivity contribution in [2.75, 3.05) is 6.61 Å². The van der Waals surface area contributed by atoms with Crippen molar-refractivity contribution in [1.82, 2.24) is 4.98 Å². The maximum atomic E-state index is 10.6. The van der Waals surface area contributed by atoms with Crippen LogP contribution >= 0.6 is 15.9 Å². The molecule has 2 rings (SSSR count). The molecule has 1 heterocycles. The van der Waals surface area contributed by atoms with Gasteiger partial charge in [0.1, 0.15) is 5.75 Å². The van der Waals surface area contributed by atoms with E-state index in [0.29, 0.717) is 12.4 Å². The summed E-state index contributed by atoms with van der Waals surface area (Å²) < 4.78 is 6.61. The first-order valence-corrected chi connectivity index (χ1v) is 7.17. The molecule has 0 saturated heterocycles. The first kappa shape index (κ1) is 15.3. The third-order valence-electron chi connectivity index (χ3n) is 2.77. The number of hydrogen-bond donors (Lipinski definition) is 1. The number of carbonyl (C=O) groups is 1. The lowest BCUT2D eigenvalue weighted by Crippen LogP contribution is -2.02. The van der Waals surface area contributed by atoms with E-state index >= 15 is 0 Å². The van der Waals surface area contributed by atoms with E-state index in [9.17, 15) is 4.79 Å². The van der Waals surface area contributed by atoms with E-state index in [-0.39, 0.29) is 0 Å². The number of nitrogens with zero attached hydrogens (tertiary/aromatic N) is 1. The van der Waals surface area contributed by atoms with Crippen LogP contribution in [0.1, 0.15) is 11.1 Å². The van der Waals surface area contributed by atoms with E-state index in [0.717, 1.165) is 28.1 Å². The number of aliphatic carboxylic acids is 1. The summed E-state index contributed by atoms with van der Waals surface area (Å²) in [6.07, 6.45) is 6.87. The Morgan fingerprint density at radius 1 is 1.29 bits per heavy atom. The van der Waals surface area contributed by atoms with E-state index < -0.39 is 5.97 Å². The summed E-state index contributed by atoms with van der Waals surface area (Å²) in [5.41, 5.74) is 1.87. The fraction of sp³-hybridized carbons (Fsp3) is 0.125. The summed E-state index contributed by atoms with van der Waals surface area (Å²) in [4.78, 5) is 14.6. The average molecular weight is 348 g/mol. The number of carboxylic acids is 1. The summed E-state index contributed by atoms with van der Waals surface area (Å²) >= 11 is 3.36. The smallest absolute Gasteiger partial charge is 0.328 e. The SMILES string of the molecule is O=C(O)/C=C/c1cc(Br)ccc1OCCc1ccncc1. The van der Waals surface area contributed by atoms with Crippen molar-refractivity contribution in [2.24, 2.45) is 0 Å². The molecule has 0 radical (unpaired) electrons. The predicted molar refractivity (Wildman–Crippen MR) is 84.2 cm³/mol. The fourth-order valence-electron chi connectivity index (χ4n) is 1.77. The van der Waals surface area contributed by atoms with Gasteiger partial charge in [-0.3, -0.25) is 4.98 Å². The molecule has 0 aliphatic heterocycles. The lowest BCUT2D eigenvalue weighted by atomic mass is 10.2. The number of halogens is 1. The summed E-state index contributed by atoms with van der Waals surface area (Å²) in [6, 6.07) is 9.38. The summed E-state index contributed by atoms with van der Waals surface area (Å²) in [5.74, 6) is -0.331. The van der Waals surface area contributed by atoms with Gasteiger partial charge in [0.05, 0.1) is 6.61 Å². The highest BCUT2D eigenvalue weighted by atomic mass is 79.9. The van der Waals surface area contributed by atoms with Gasteiger partial charge in [-0.2, -0.15) is 0 Å². The van der Waals surface area contributed by atoms with Crippen LogP contribution in [0, 0.1) is 0 Å². The van der Waals surface area contributed by atoms with Crippen LogP contribution in [0.5, 0.6) is 5.75 Å². The second-order valence-corrected chi connectivity index (χ2v) is 5.22. The Hall–Kier alpha value is -2.14. The van der Waals surface area contributed by atoms with E-state index in [1.165, 1.54) is 6.08 Å². The molecule has 108 valence electrons. The van der Waals surface area contributed by atoms with Gasteiger partial charge >= 0.3 is 5.97 Å². The van der Waals surface area contributed by atoms with Crippen LogP contribution in [0.2, 0.25) is 0 Å². The zero-order chi connectivity index (χ0) is 15.1. The summed E-state index contributed by atoms with van der Waals surface area (Å²) in [7, 11) is 0. The molecule has 0 aliphatic rings. The van der Waals surface area contributed by atoms with Crippen molar-refractivity contribution < 1.29 is 14.6 Å². The van der Waals surface area contributed by atoms with Crippen LogP contribution in [0.25, 0.3) is 6.08 Å². The average Bonchev–Trinajstić information content (AvgIpc) is 2.48. The molecule has 2 aromatic rings. The Morgan fingerprint density at radius 2 is 2.05 bits per heavy atom. The second-order valence-electron chi connectivity index (χ2n) is 4.31. The minimum atomic E-state index is -0.988. The molecule has 0 fully saturated rings. The number of ether oxygens (including phenoxy) is 1. The molecule has 0 spiro atoms. The van der Waals surface area contributed by atoms with Gasteiger partial charge in [0, 0.05) is 34.9 Å². The number of hydrogen-bond acceptors (Lipinski definition) is 3. The van der Waals surface area contributed by atoms with E-state index in [2.05, 4.69) is 20.9 Å². The highest BCUT2D eigenvalue weighted by Gasteiger charge is 2.03. The standard InChI is InChI=1S/C16H14BrNO3/c17-14-2-3-15(13(11-14)1-4-16(19)20)21-10-7-12-5-8-18-9-6-12/h1-6,8-9,11H,7,10H2,(H,19,20)/b4-1+. The lowest BCUT2D eigenvalue weighted by molar-refractivity contribution is -0.131. The highest BCUT2D eigenvalue weighted by molar-refractivity contribution is 9.10. The first-order valence-electron chi connectivity index (χ1n) is 6.37. The number of benzene rings is 1. The van der Waals surface area contributed by atoms with Gasteiger partial charge in [0.15, 0.2) is 0 Å². The van der Waals surface area contributed by atoms with E-state index in [1.807, 2.05) is 30.3 Å². The molecule has 0 unspecified atom stereocenters. The van der Waals surface area contributed by atoms with Gasteiger partial charge in [0.25, 0.3) is 0 Å². The van der Waals surface area contributed by atoms with E-state index in [1.54, 1.807) is 12.4 Å². The molecule has 0 atom stereocenters. The van der Waals surface area contributed by atoms with Crippen LogP contribution < -0.4 is 4.74 Å². The minimum Gasteiger partial charge on any atom is -0.493 e. The molecule has 1 N–H and O–H groups in total. The molecule has 0 saturated carbocycles. The normalized spacial score (nSPS) is 10.7. The Morgan fingerprint density at radius 3 is 2.76 bits per heavy atom. The number of pyridine rings is 1. The van der Waals surface area contributed by atoms with Crippen LogP contribution in [0.3, 0.4) is 0 Å². The molecule has 21 heavy (non-hydrogen) atoms. The van der Waals surface area contributed by atoms with Crippen molar-refractivity contribution >= 4 is 28.0 Å². The molecule has 0 bridgehead atoms. The quantitative estimate of drug-likeness (QED) is 0.811. The third-order valence-corrected chi connectivity index (χ3v) is 3.27. The van der Waals surface area contributed by atoms with Crippen molar-refractivity contribution in [3.05, 3.63) is 64.4 Å². The molecule has 4 nitrogen and oxygen atoms in total. The third kappa shape index (κ3) is 5.04. The maximum absolute atomic E-state index is 10.6. The first-order chi connectivity index (χ1) is 10.1. The molecule has 5 heteroatoms. The maximum Gasteiger partial charge on any atom is 0.328 e. The van der Waals surface area contributed by atoms with Crippen molar-refractivity contribution in [3.8, 4) is 5.75 Å². The Balaban J connectivity index is 2.03. The summed E-state index contributed by atoms with van der Waals surface area (Å²) in [6.45, 7) is 0.513. The van der Waals surface area contributed by atoms with Gasteiger partial charge in [-0.25, -0.2) is 4.79 Å². The lowest BCUT2D eigenvalue weighted by Gasteiger charge is -2.09. The van der Waals surface area contributed by atoms with Crippen molar-refractivity contribution in [1.29, 1.82) is 0 Å². The summed E-state index contributed by atoms with van der Waals surface area (Å²) in [5, 5.41) is 8.71. The van der Waals surface area contributed by atoms with Crippen molar-refractivity contribution in [2.45, 2.75) is 6.42 Å². The van der Waals surface area contributed by atoms with Gasteiger partial charge in [0.2, 0.25) is 0 Å². The molecular weight excluding hydrogens is 334 g/mol. The number of rotatable bonds is 6. The van der Waals surface area contributed by atoms with Crippen molar-refractivity contribution in [3.63, 3.8) is 0 Å². The van der Waals surface area contributed by atoms with Gasteiger partial charge in [-0.05, 0) is 42.0 Å². The van der Waals surface area contributed by atoms with Gasteiger partial charge in [-0.15, -0.1) is 0 Å². The fourth-order valence-corrected chi connectivity index (χ4v) is 2.15. The molecule has 1 aromatic carbocycles. The van der Waals surface area contributed by atoms with Crippen LogP contribution in [-0.4, -0.2) is 22.7 Å². The van der Waals surface area contributed by atoms with Crippen LogP contribution in [0.15, 0.2) is 53.3 Å². The molecule has 0 amide bonds. The Bertz CT molecular complexity index is 641. The molecular formula is C16H14BrNO3. The largest absolute Gasteiger partial charge is 0.493 e. The van der Waals surface area contributed by atoms with Crippen LogP contribution in [0.4, 0.5) is 0 Å².